The smallest absolute Gasteiger partial charge is 0.407 e. The number of carboxylic acid groups (broad SMARTS) is 1. The van der Waals surface area contributed by atoms with Crippen LogP contribution in [0, 0.1) is 0 Å². The quantitative estimate of drug-likeness (QED) is 0.709. The summed E-state index contributed by atoms with van der Waals surface area (Å²) in [5.74, 6) is 0. The lowest BCUT2D eigenvalue weighted by Gasteiger charge is -2.31. The molecule has 16 heavy (non-hydrogen) atoms. The molecule has 0 spiro atoms. The van der Waals surface area contributed by atoms with Crippen molar-refractivity contribution in [1.29, 1.82) is 0 Å². The van der Waals surface area contributed by atoms with E-state index >= 15 is 0 Å². The van der Waals surface area contributed by atoms with Crippen molar-refractivity contribution >= 4 is 16.3 Å². The predicted molar refractivity (Wildman–Crippen MR) is 58.4 cm³/mol. The molecule has 1 unspecified atom stereocenters. The Kier molecular flexibility index (Phi) is 4.11. The Balaban J connectivity index is 2.59. The molecule has 1 amide bonds. The van der Waals surface area contributed by atoms with Gasteiger partial charge in [0.2, 0.25) is 0 Å². The first kappa shape index (κ1) is 13.2. The van der Waals surface area contributed by atoms with E-state index in [0.29, 0.717) is 19.4 Å². The van der Waals surface area contributed by atoms with E-state index in [4.69, 9.17) is 5.11 Å². The molecule has 94 valence electrons. The lowest BCUT2D eigenvalue weighted by molar-refractivity contribution is 0.129. The number of nitrogens with zero attached hydrogens (tertiary/aromatic N) is 2. The van der Waals surface area contributed by atoms with Crippen LogP contribution in [0.5, 0.6) is 0 Å². The summed E-state index contributed by atoms with van der Waals surface area (Å²) in [5, 5.41) is 8.80. The molecule has 1 rings (SSSR count). The number of amides is 1. The van der Waals surface area contributed by atoms with E-state index < -0.39 is 16.3 Å². The molecule has 1 saturated heterocycles. The summed E-state index contributed by atoms with van der Waals surface area (Å²) in [4.78, 5) is 12.0. The fourth-order valence-electron chi connectivity index (χ4n) is 1.56. The predicted octanol–water partition coefficient (Wildman–Crippen LogP) is -0.475. The molecule has 1 aliphatic heterocycles. The van der Waals surface area contributed by atoms with Crippen molar-refractivity contribution in [3.8, 4) is 0 Å². The maximum absolute atomic E-state index is 11.5. The van der Waals surface area contributed by atoms with Crippen LogP contribution in [0.3, 0.4) is 0 Å². The highest BCUT2D eigenvalue weighted by Gasteiger charge is 2.27. The topological polar surface area (TPSA) is 90.0 Å². The Hall–Kier alpha value is -0.860. The first-order chi connectivity index (χ1) is 7.33. The van der Waals surface area contributed by atoms with E-state index in [0.717, 1.165) is 4.31 Å². The van der Waals surface area contributed by atoms with Gasteiger partial charge in [-0.15, -0.1) is 0 Å². The number of carbonyl (C=O) groups is 1. The van der Waals surface area contributed by atoms with E-state index in [1.165, 1.54) is 19.0 Å². The molecule has 0 aliphatic carbocycles. The average Bonchev–Trinajstić information content (AvgIpc) is 2.17. The normalized spacial score (nSPS) is 22.4. The molecule has 1 aliphatic rings. The minimum Gasteiger partial charge on any atom is -0.465 e. The summed E-state index contributed by atoms with van der Waals surface area (Å²) in [5.41, 5.74) is 0. The summed E-state index contributed by atoms with van der Waals surface area (Å²) in [7, 11) is -0.622. The Labute approximate surface area is 95.2 Å². The van der Waals surface area contributed by atoms with Crippen LogP contribution < -0.4 is 4.72 Å². The molecule has 1 atom stereocenters. The third-order valence-electron chi connectivity index (χ3n) is 2.49. The van der Waals surface area contributed by atoms with Gasteiger partial charge in [0.05, 0.1) is 0 Å². The second-order valence-corrected chi connectivity index (χ2v) is 5.89. The molecule has 1 heterocycles. The molecule has 0 saturated carbocycles. The first-order valence-electron chi connectivity index (χ1n) is 5.00. The second kappa shape index (κ2) is 4.98. The van der Waals surface area contributed by atoms with Gasteiger partial charge in [-0.25, -0.2) is 4.79 Å². The molecule has 2 N–H and O–H groups in total. The molecule has 0 aromatic rings. The number of nitrogens with one attached hydrogen (secondary N) is 1. The van der Waals surface area contributed by atoms with E-state index in [-0.39, 0.29) is 12.6 Å². The largest absolute Gasteiger partial charge is 0.465 e. The standard InChI is InChI=1S/C8H17N3O4S/c1-10(2)16(14,15)9-7-4-3-5-11(6-7)8(12)13/h7,9H,3-6H2,1-2H3,(H,12,13). The van der Waals surface area contributed by atoms with E-state index in [1.54, 1.807) is 0 Å². The highest BCUT2D eigenvalue weighted by Crippen LogP contribution is 2.11. The Morgan fingerprint density at radius 3 is 2.62 bits per heavy atom. The molecule has 1 fully saturated rings. The van der Waals surface area contributed by atoms with Crippen molar-refractivity contribution < 1.29 is 18.3 Å². The van der Waals surface area contributed by atoms with Gasteiger partial charge in [0, 0.05) is 33.2 Å². The Morgan fingerprint density at radius 1 is 1.50 bits per heavy atom. The zero-order valence-corrected chi connectivity index (χ0v) is 10.2. The van der Waals surface area contributed by atoms with Crippen LogP contribution in [-0.2, 0) is 10.2 Å². The third-order valence-corrected chi connectivity index (χ3v) is 4.08. The maximum Gasteiger partial charge on any atom is 0.407 e. The summed E-state index contributed by atoms with van der Waals surface area (Å²) in [6.07, 6.45) is 0.331. The summed E-state index contributed by atoms with van der Waals surface area (Å²) in [6, 6.07) is -0.336. The Bertz CT molecular complexity index is 354. The van der Waals surface area contributed by atoms with Gasteiger partial charge in [0.1, 0.15) is 0 Å². The highest BCUT2D eigenvalue weighted by molar-refractivity contribution is 7.87. The molecular weight excluding hydrogens is 234 g/mol. The van der Waals surface area contributed by atoms with Gasteiger partial charge in [-0.3, -0.25) is 0 Å². The molecule has 0 bridgehead atoms. The van der Waals surface area contributed by atoms with Crippen LogP contribution in [0.4, 0.5) is 4.79 Å². The molecule has 0 radical (unpaired) electrons. The average molecular weight is 251 g/mol. The molecule has 7 nitrogen and oxygen atoms in total. The van der Waals surface area contributed by atoms with Crippen molar-refractivity contribution in [1.82, 2.24) is 13.9 Å². The zero-order chi connectivity index (χ0) is 12.3. The Morgan fingerprint density at radius 2 is 2.12 bits per heavy atom. The van der Waals surface area contributed by atoms with Crippen LogP contribution in [0.2, 0.25) is 0 Å². The second-order valence-electron chi connectivity index (χ2n) is 3.97. The minimum atomic E-state index is -3.48. The summed E-state index contributed by atoms with van der Waals surface area (Å²) in [6.45, 7) is 0.679. The van der Waals surface area contributed by atoms with E-state index in [1.807, 2.05) is 0 Å². The molecule has 8 heteroatoms. The van der Waals surface area contributed by atoms with Crippen LogP contribution in [0.1, 0.15) is 12.8 Å². The third kappa shape index (κ3) is 3.32. The number of rotatable bonds is 3. The van der Waals surface area contributed by atoms with Crippen molar-refractivity contribution in [2.24, 2.45) is 0 Å². The fourth-order valence-corrected chi connectivity index (χ4v) is 2.39. The zero-order valence-electron chi connectivity index (χ0n) is 9.38. The van der Waals surface area contributed by atoms with Gasteiger partial charge in [-0.05, 0) is 12.8 Å². The number of likely N-dealkylation sites (tertiary alicyclic amines) is 1. The number of hydrogen-bond acceptors (Lipinski definition) is 3. The van der Waals surface area contributed by atoms with Gasteiger partial charge < -0.3 is 10.0 Å². The number of hydrogen-bond donors (Lipinski definition) is 2. The monoisotopic (exact) mass is 251 g/mol. The summed E-state index contributed by atoms with van der Waals surface area (Å²) >= 11 is 0. The van der Waals surface area contributed by atoms with Gasteiger partial charge in [-0.1, -0.05) is 0 Å². The molecular formula is C8H17N3O4S. The van der Waals surface area contributed by atoms with Crippen LogP contribution in [0.25, 0.3) is 0 Å². The van der Waals surface area contributed by atoms with Gasteiger partial charge in [-0.2, -0.15) is 17.4 Å². The van der Waals surface area contributed by atoms with Crippen LogP contribution in [-0.4, -0.2) is 62.0 Å². The number of piperidine rings is 1. The van der Waals surface area contributed by atoms with Gasteiger partial charge in [0.25, 0.3) is 10.2 Å². The van der Waals surface area contributed by atoms with Crippen molar-refractivity contribution in [3.05, 3.63) is 0 Å². The highest BCUT2D eigenvalue weighted by atomic mass is 32.2. The minimum absolute atomic E-state index is 0.211. The first-order valence-corrected chi connectivity index (χ1v) is 6.44. The van der Waals surface area contributed by atoms with Crippen molar-refractivity contribution in [3.63, 3.8) is 0 Å². The fraction of sp³-hybridized carbons (Fsp3) is 0.875. The van der Waals surface area contributed by atoms with Crippen LogP contribution in [0.15, 0.2) is 0 Å². The van der Waals surface area contributed by atoms with E-state index in [2.05, 4.69) is 4.72 Å². The molecule has 0 aromatic carbocycles. The van der Waals surface area contributed by atoms with E-state index in [9.17, 15) is 13.2 Å². The lowest BCUT2D eigenvalue weighted by atomic mass is 10.1. The maximum atomic E-state index is 11.5. The summed E-state index contributed by atoms with van der Waals surface area (Å²) < 4.78 is 26.6. The lowest BCUT2D eigenvalue weighted by Crippen LogP contribution is -2.51. The van der Waals surface area contributed by atoms with Crippen molar-refractivity contribution in [2.75, 3.05) is 27.2 Å². The molecule has 0 aromatic heterocycles. The van der Waals surface area contributed by atoms with Crippen molar-refractivity contribution in [2.45, 2.75) is 18.9 Å². The SMILES string of the molecule is CN(C)S(=O)(=O)NC1CCCN(C(=O)O)C1. The van der Waals surface area contributed by atoms with Gasteiger partial charge >= 0.3 is 6.09 Å². The van der Waals surface area contributed by atoms with Gasteiger partial charge in [0.15, 0.2) is 0 Å². The van der Waals surface area contributed by atoms with Crippen LogP contribution >= 0.6 is 0 Å².